The minimum absolute atomic E-state index is 0.151. The average Bonchev–Trinajstić information content (AvgIpc) is 3.17. The molecule has 1 aliphatic rings. The Labute approximate surface area is 135 Å². The second kappa shape index (κ2) is 6.08. The lowest BCUT2D eigenvalue weighted by molar-refractivity contribution is 0.0795. The van der Waals surface area contributed by atoms with Gasteiger partial charge in [0.2, 0.25) is 0 Å². The van der Waals surface area contributed by atoms with Crippen LogP contribution in [0.15, 0.2) is 29.6 Å². The lowest BCUT2D eigenvalue weighted by atomic mass is 10.0. The molecule has 5 heteroatoms. The van der Waals surface area contributed by atoms with Gasteiger partial charge >= 0.3 is 0 Å². The van der Waals surface area contributed by atoms with Crippen molar-refractivity contribution in [3.05, 3.63) is 45.9 Å². The molecule has 0 radical (unpaired) electrons. The number of aryl methyl sites for hydroxylation is 1. The maximum absolute atomic E-state index is 12.4. The third-order valence-corrected chi connectivity index (χ3v) is 4.96. The predicted molar refractivity (Wildman–Crippen MR) is 90.9 cm³/mol. The van der Waals surface area contributed by atoms with Crippen molar-refractivity contribution in [2.75, 3.05) is 32.1 Å². The molecule has 2 aromatic rings. The van der Waals surface area contributed by atoms with E-state index in [4.69, 9.17) is 4.98 Å². The summed E-state index contributed by atoms with van der Waals surface area (Å²) in [5.74, 6) is 0.487. The Morgan fingerprint density at radius 2 is 2.23 bits per heavy atom. The van der Waals surface area contributed by atoms with Crippen LogP contribution in [-0.4, -0.2) is 43.0 Å². The normalized spacial score (nSPS) is 17.8. The molecule has 2 aromatic heterocycles. The van der Waals surface area contributed by atoms with Crippen molar-refractivity contribution in [1.82, 2.24) is 9.88 Å². The molecule has 1 aliphatic heterocycles. The molecule has 0 aliphatic carbocycles. The van der Waals surface area contributed by atoms with Crippen molar-refractivity contribution >= 4 is 22.9 Å². The first-order valence-corrected chi connectivity index (χ1v) is 8.41. The Morgan fingerprint density at radius 1 is 1.41 bits per heavy atom. The van der Waals surface area contributed by atoms with E-state index in [-0.39, 0.29) is 5.91 Å². The van der Waals surface area contributed by atoms with E-state index >= 15 is 0 Å². The van der Waals surface area contributed by atoms with Crippen LogP contribution < -0.4 is 4.90 Å². The summed E-state index contributed by atoms with van der Waals surface area (Å²) in [5, 5.41) is 1.95. The fourth-order valence-electron chi connectivity index (χ4n) is 2.88. The zero-order valence-electron chi connectivity index (χ0n) is 13.2. The van der Waals surface area contributed by atoms with Gasteiger partial charge in [0.05, 0.1) is 4.88 Å². The van der Waals surface area contributed by atoms with E-state index < -0.39 is 0 Å². The molecule has 4 nitrogen and oxygen atoms in total. The van der Waals surface area contributed by atoms with Crippen LogP contribution >= 0.6 is 11.3 Å². The van der Waals surface area contributed by atoms with Gasteiger partial charge in [-0.15, -0.1) is 11.3 Å². The Bertz CT molecular complexity index is 667. The van der Waals surface area contributed by atoms with Crippen molar-refractivity contribution in [1.29, 1.82) is 0 Å². The van der Waals surface area contributed by atoms with E-state index in [1.54, 1.807) is 0 Å². The molecule has 0 bridgehead atoms. The Hall–Kier alpha value is -1.88. The number of aromatic nitrogens is 1. The first-order chi connectivity index (χ1) is 10.5. The van der Waals surface area contributed by atoms with E-state index in [2.05, 4.69) is 17.0 Å². The summed E-state index contributed by atoms with van der Waals surface area (Å²) < 4.78 is 0. The SMILES string of the molecule is Cc1cc(N(C)C)cc([C@@H]2CCN(C(=O)c3cccs3)C2)n1. The second-order valence-corrected chi connectivity index (χ2v) is 6.95. The topological polar surface area (TPSA) is 36.4 Å². The highest BCUT2D eigenvalue weighted by atomic mass is 32.1. The van der Waals surface area contributed by atoms with Gasteiger partial charge in [-0.3, -0.25) is 9.78 Å². The number of pyridine rings is 1. The van der Waals surface area contributed by atoms with E-state index in [1.165, 1.54) is 17.0 Å². The number of rotatable bonds is 3. The molecule has 0 N–H and O–H groups in total. The van der Waals surface area contributed by atoms with Gasteiger partial charge in [0.1, 0.15) is 0 Å². The van der Waals surface area contributed by atoms with Crippen molar-refractivity contribution in [2.24, 2.45) is 0 Å². The number of carbonyl (C=O) groups is 1. The van der Waals surface area contributed by atoms with Crippen molar-refractivity contribution in [3.8, 4) is 0 Å². The lowest BCUT2D eigenvalue weighted by Crippen LogP contribution is -2.27. The van der Waals surface area contributed by atoms with Crippen LogP contribution in [0.5, 0.6) is 0 Å². The number of anilines is 1. The maximum atomic E-state index is 12.4. The Kier molecular flexibility index (Phi) is 4.16. The van der Waals surface area contributed by atoms with Gasteiger partial charge in [-0.05, 0) is 36.9 Å². The molecule has 3 rings (SSSR count). The van der Waals surface area contributed by atoms with Crippen LogP contribution in [0.3, 0.4) is 0 Å². The van der Waals surface area contributed by atoms with Crippen molar-refractivity contribution < 1.29 is 4.79 Å². The van der Waals surface area contributed by atoms with Gasteiger partial charge < -0.3 is 9.80 Å². The number of hydrogen-bond acceptors (Lipinski definition) is 4. The molecule has 0 spiro atoms. The first kappa shape index (κ1) is 15.0. The first-order valence-electron chi connectivity index (χ1n) is 7.53. The third-order valence-electron chi connectivity index (χ3n) is 4.10. The van der Waals surface area contributed by atoms with E-state index in [0.717, 1.165) is 35.8 Å². The number of amides is 1. The monoisotopic (exact) mass is 315 g/mol. The summed E-state index contributed by atoms with van der Waals surface area (Å²) in [4.78, 5) is 22.0. The minimum Gasteiger partial charge on any atom is -0.378 e. The summed E-state index contributed by atoms with van der Waals surface area (Å²) in [6, 6.07) is 8.07. The van der Waals surface area contributed by atoms with Gasteiger partial charge in [-0.25, -0.2) is 0 Å². The van der Waals surface area contributed by atoms with Crippen LogP contribution in [0, 0.1) is 6.92 Å². The molecule has 0 aromatic carbocycles. The van der Waals surface area contributed by atoms with Gasteiger partial charge in [0.15, 0.2) is 0 Å². The average molecular weight is 315 g/mol. The van der Waals surface area contributed by atoms with Gasteiger partial charge in [0, 0.05) is 50.2 Å². The molecular formula is C17H21N3OS. The molecular weight excluding hydrogens is 294 g/mol. The second-order valence-electron chi connectivity index (χ2n) is 6.00. The molecule has 3 heterocycles. The standard InChI is InChI=1S/C17H21N3OS/c1-12-9-14(19(2)3)10-15(18-12)13-6-7-20(11-13)17(21)16-5-4-8-22-16/h4-5,8-10,13H,6-7,11H2,1-3H3/t13-/m1/s1. The predicted octanol–water partition coefficient (Wildman–Crippen LogP) is 3.15. The number of hydrogen-bond donors (Lipinski definition) is 0. The summed E-state index contributed by atoms with van der Waals surface area (Å²) in [7, 11) is 4.08. The molecule has 0 unspecified atom stereocenters. The Morgan fingerprint density at radius 3 is 2.91 bits per heavy atom. The fourth-order valence-corrected chi connectivity index (χ4v) is 3.58. The number of likely N-dealkylation sites (tertiary alicyclic amines) is 1. The zero-order chi connectivity index (χ0) is 15.7. The summed E-state index contributed by atoms with van der Waals surface area (Å²) in [6.45, 7) is 3.61. The Balaban J connectivity index is 1.77. The molecule has 1 fully saturated rings. The van der Waals surface area contributed by atoms with E-state index in [0.29, 0.717) is 5.92 Å². The van der Waals surface area contributed by atoms with Crippen LogP contribution in [0.1, 0.15) is 33.4 Å². The largest absolute Gasteiger partial charge is 0.378 e. The fraction of sp³-hybridized carbons (Fsp3) is 0.412. The summed E-state index contributed by atoms with van der Waals surface area (Å²) in [5.41, 5.74) is 3.31. The van der Waals surface area contributed by atoms with E-state index in [1.807, 2.05) is 43.4 Å². The molecule has 22 heavy (non-hydrogen) atoms. The smallest absolute Gasteiger partial charge is 0.263 e. The van der Waals surface area contributed by atoms with E-state index in [9.17, 15) is 4.79 Å². The summed E-state index contributed by atoms with van der Waals surface area (Å²) >= 11 is 1.51. The van der Waals surface area contributed by atoms with Crippen LogP contribution in [0.4, 0.5) is 5.69 Å². The lowest BCUT2D eigenvalue weighted by Gasteiger charge is -2.18. The number of thiophene rings is 1. The highest BCUT2D eigenvalue weighted by Gasteiger charge is 2.29. The van der Waals surface area contributed by atoms with Gasteiger partial charge in [-0.1, -0.05) is 6.07 Å². The molecule has 116 valence electrons. The van der Waals surface area contributed by atoms with Crippen molar-refractivity contribution in [3.63, 3.8) is 0 Å². The van der Waals surface area contributed by atoms with Crippen LogP contribution in [0.25, 0.3) is 0 Å². The number of nitrogens with zero attached hydrogens (tertiary/aromatic N) is 3. The van der Waals surface area contributed by atoms with Crippen LogP contribution in [0.2, 0.25) is 0 Å². The molecule has 0 saturated carbocycles. The number of carbonyl (C=O) groups excluding carboxylic acids is 1. The van der Waals surface area contributed by atoms with Crippen LogP contribution in [-0.2, 0) is 0 Å². The highest BCUT2D eigenvalue weighted by molar-refractivity contribution is 7.12. The highest BCUT2D eigenvalue weighted by Crippen LogP contribution is 2.29. The minimum atomic E-state index is 0.151. The molecule has 1 atom stereocenters. The zero-order valence-corrected chi connectivity index (χ0v) is 14.1. The van der Waals surface area contributed by atoms with Gasteiger partial charge in [0.25, 0.3) is 5.91 Å². The molecule has 1 amide bonds. The van der Waals surface area contributed by atoms with Gasteiger partial charge in [-0.2, -0.15) is 0 Å². The van der Waals surface area contributed by atoms with Crippen molar-refractivity contribution in [2.45, 2.75) is 19.3 Å². The molecule has 1 saturated heterocycles. The maximum Gasteiger partial charge on any atom is 0.263 e. The summed E-state index contributed by atoms with van der Waals surface area (Å²) in [6.07, 6.45) is 0.987. The third kappa shape index (κ3) is 2.99. The quantitative estimate of drug-likeness (QED) is 0.873.